The number of halogens is 2. The Kier molecular flexibility index (Phi) is 5.49. The molecule has 0 fully saturated rings. The summed E-state index contributed by atoms with van der Waals surface area (Å²) in [6, 6.07) is 11.9. The molecule has 9 nitrogen and oxygen atoms in total. The maximum absolute atomic E-state index is 14.7. The van der Waals surface area contributed by atoms with Crippen LogP contribution >= 0.6 is 0 Å². The fraction of sp³-hybridized carbons (Fsp3) is 0.0417. The van der Waals surface area contributed by atoms with Crippen molar-refractivity contribution in [3.05, 3.63) is 100 Å². The van der Waals surface area contributed by atoms with Crippen molar-refractivity contribution in [1.29, 1.82) is 0 Å². The van der Waals surface area contributed by atoms with Gasteiger partial charge in [-0.05, 0) is 55.0 Å². The van der Waals surface area contributed by atoms with Crippen molar-refractivity contribution in [2.75, 3.05) is 5.32 Å². The van der Waals surface area contributed by atoms with Gasteiger partial charge in [0.25, 0.3) is 11.5 Å². The summed E-state index contributed by atoms with van der Waals surface area (Å²) < 4.78 is 34.6. The highest BCUT2D eigenvalue weighted by Crippen LogP contribution is 2.29. The fourth-order valence-corrected chi connectivity index (χ4v) is 3.42. The predicted molar refractivity (Wildman–Crippen MR) is 123 cm³/mol. The predicted octanol–water partition coefficient (Wildman–Crippen LogP) is 4.14. The van der Waals surface area contributed by atoms with Gasteiger partial charge >= 0.3 is 0 Å². The highest BCUT2D eigenvalue weighted by atomic mass is 19.1. The molecule has 0 saturated carbocycles. The topological polar surface area (TPSA) is 115 Å². The minimum atomic E-state index is -0.730. The van der Waals surface area contributed by atoms with E-state index in [4.69, 9.17) is 4.74 Å². The number of fused-ring (bicyclic) bond motifs is 1. The Morgan fingerprint density at radius 3 is 2.63 bits per heavy atom. The zero-order valence-corrected chi connectivity index (χ0v) is 18.1. The summed E-state index contributed by atoms with van der Waals surface area (Å²) in [6.07, 6.45) is 2.96. The monoisotopic (exact) mass is 474 g/mol. The van der Waals surface area contributed by atoms with Crippen molar-refractivity contribution in [3.63, 3.8) is 0 Å². The average molecular weight is 474 g/mol. The third-order valence-electron chi connectivity index (χ3n) is 5.12. The van der Waals surface area contributed by atoms with E-state index in [0.717, 1.165) is 10.7 Å². The van der Waals surface area contributed by atoms with Crippen molar-refractivity contribution >= 4 is 22.6 Å². The van der Waals surface area contributed by atoms with Crippen molar-refractivity contribution < 1.29 is 18.3 Å². The van der Waals surface area contributed by atoms with E-state index in [0.29, 0.717) is 22.3 Å². The van der Waals surface area contributed by atoms with Crippen molar-refractivity contribution in [2.24, 2.45) is 0 Å². The van der Waals surface area contributed by atoms with Crippen LogP contribution in [0.5, 0.6) is 11.6 Å². The molecule has 2 aromatic carbocycles. The molecule has 3 aromatic heterocycles. The number of carbonyl (C=O) groups excluding carboxylic acids is 1. The number of amides is 1. The number of carbonyl (C=O) groups is 1. The molecule has 0 spiro atoms. The highest BCUT2D eigenvalue weighted by molar-refractivity contribution is 6.03. The zero-order chi connectivity index (χ0) is 24.5. The third-order valence-corrected chi connectivity index (χ3v) is 5.12. The van der Waals surface area contributed by atoms with E-state index in [9.17, 15) is 18.4 Å². The number of rotatable bonds is 5. The molecular weight excluding hydrogens is 458 g/mol. The van der Waals surface area contributed by atoms with Crippen LogP contribution in [0.1, 0.15) is 16.1 Å². The Labute approximate surface area is 196 Å². The molecule has 0 bridgehead atoms. The molecule has 3 heterocycles. The molecule has 2 N–H and O–H groups in total. The Hall–Kier alpha value is -4.93. The molecule has 0 saturated heterocycles. The fourth-order valence-electron chi connectivity index (χ4n) is 3.42. The van der Waals surface area contributed by atoms with Gasteiger partial charge in [-0.2, -0.15) is 9.78 Å². The summed E-state index contributed by atoms with van der Waals surface area (Å²) >= 11 is 0. The van der Waals surface area contributed by atoms with Crippen LogP contribution in [0.25, 0.3) is 16.7 Å². The largest absolute Gasteiger partial charge is 0.435 e. The van der Waals surface area contributed by atoms with Gasteiger partial charge in [-0.25, -0.2) is 18.7 Å². The first-order valence-corrected chi connectivity index (χ1v) is 10.3. The number of hydrogen-bond acceptors (Lipinski definition) is 6. The highest BCUT2D eigenvalue weighted by Gasteiger charge is 2.17. The molecule has 174 valence electrons. The number of aryl methyl sites for hydroxylation is 1. The number of nitrogens with one attached hydrogen (secondary N) is 2. The van der Waals surface area contributed by atoms with Gasteiger partial charge in [0.1, 0.15) is 17.8 Å². The van der Waals surface area contributed by atoms with Crippen molar-refractivity contribution in [1.82, 2.24) is 24.7 Å². The van der Waals surface area contributed by atoms with Crippen LogP contribution in [0.2, 0.25) is 0 Å². The summed E-state index contributed by atoms with van der Waals surface area (Å²) in [5.41, 5.74) is 0.772. The summed E-state index contributed by atoms with van der Waals surface area (Å²) in [5.74, 6) is -1.78. The smallest absolute Gasteiger partial charge is 0.276 e. The number of H-pyrrole nitrogens is 1. The Morgan fingerprint density at radius 2 is 1.86 bits per heavy atom. The summed E-state index contributed by atoms with van der Waals surface area (Å²) in [7, 11) is 0. The van der Waals surface area contributed by atoms with Gasteiger partial charge in [0, 0.05) is 24.0 Å². The first kappa shape index (κ1) is 21.9. The lowest BCUT2D eigenvalue weighted by Crippen LogP contribution is -2.26. The molecule has 1 amide bonds. The Bertz CT molecular complexity index is 1630. The summed E-state index contributed by atoms with van der Waals surface area (Å²) in [5, 5.41) is 7.27. The molecule has 35 heavy (non-hydrogen) atoms. The van der Waals surface area contributed by atoms with Crippen LogP contribution in [-0.4, -0.2) is 30.6 Å². The number of nitrogens with zero attached hydrogens (tertiary/aromatic N) is 4. The van der Waals surface area contributed by atoms with Crippen LogP contribution in [0.3, 0.4) is 0 Å². The average Bonchev–Trinajstić information content (AvgIpc) is 3.31. The Balaban J connectivity index is 1.39. The van der Waals surface area contributed by atoms with E-state index < -0.39 is 23.1 Å². The molecule has 11 heteroatoms. The first-order valence-electron chi connectivity index (χ1n) is 10.3. The molecule has 5 rings (SSSR count). The number of aromatic amines is 1. The second-order valence-corrected chi connectivity index (χ2v) is 7.52. The van der Waals surface area contributed by atoms with Gasteiger partial charge < -0.3 is 15.0 Å². The van der Waals surface area contributed by atoms with Gasteiger partial charge in [0.2, 0.25) is 5.88 Å². The molecular formula is C24H16F2N6O3. The summed E-state index contributed by atoms with van der Waals surface area (Å²) in [6.45, 7) is 1.55. The maximum Gasteiger partial charge on any atom is 0.276 e. The number of ether oxygens (including phenoxy) is 1. The van der Waals surface area contributed by atoms with Crippen LogP contribution in [-0.2, 0) is 0 Å². The minimum absolute atomic E-state index is 0.0505. The zero-order valence-electron chi connectivity index (χ0n) is 18.1. The minimum Gasteiger partial charge on any atom is -0.435 e. The van der Waals surface area contributed by atoms with E-state index in [2.05, 4.69) is 25.4 Å². The van der Waals surface area contributed by atoms with Crippen LogP contribution in [0.15, 0.2) is 71.9 Å². The number of benzene rings is 2. The van der Waals surface area contributed by atoms with Crippen molar-refractivity contribution in [3.8, 4) is 17.3 Å². The van der Waals surface area contributed by atoms with Crippen LogP contribution in [0, 0.1) is 18.6 Å². The van der Waals surface area contributed by atoms with Crippen LogP contribution in [0.4, 0.5) is 14.5 Å². The first-order chi connectivity index (χ1) is 16.9. The lowest BCUT2D eigenvalue weighted by atomic mass is 10.2. The molecule has 0 aliphatic heterocycles. The summed E-state index contributed by atoms with van der Waals surface area (Å²) in [4.78, 5) is 36.2. The van der Waals surface area contributed by atoms with Gasteiger partial charge in [0.15, 0.2) is 17.3 Å². The van der Waals surface area contributed by atoms with Crippen molar-refractivity contribution in [2.45, 2.75) is 6.92 Å². The second kappa shape index (κ2) is 8.78. The normalized spacial score (nSPS) is 10.9. The molecule has 5 aromatic rings. The molecule has 0 unspecified atom stereocenters. The van der Waals surface area contributed by atoms with E-state index in [1.165, 1.54) is 48.8 Å². The van der Waals surface area contributed by atoms with E-state index in [-0.39, 0.29) is 23.0 Å². The Morgan fingerprint density at radius 1 is 1.06 bits per heavy atom. The second-order valence-electron chi connectivity index (χ2n) is 7.52. The lowest BCUT2D eigenvalue weighted by Gasteiger charge is -2.11. The van der Waals surface area contributed by atoms with Gasteiger partial charge in [-0.15, -0.1) is 0 Å². The lowest BCUT2D eigenvalue weighted by molar-refractivity contribution is 0.102. The number of anilines is 1. The van der Waals surface area contributed by atoms with Gasteiger partial charge in [-0.3, -0.25) is 9.59 Å². The van der Waals surface area contributed by atoms with E-state index in [1.54, 1.807) is 19.2 Å². The molecule has 0 radical (unpaired) electrons. The van der Waals surface area contributed by atoms with Gasteiger partial charge in [-0.1, -0.05) is 0 Å². The molecule has 0 aliphatic rings. The van der Waals surface area contributed by atoms with Gasteiger partial charge in [0.05, 0.1) is 11.1 Å². The van der Waals surface area contributed by atoms with E-state index >= 15 is 0 Å². The number of hydrogen-bond donors (Lipinski definition) is 2. The molecule has 0 atom stereocenters. The number of aromatic nitrogens is 5. The molecule has 0 aliphatic carbocycles. The standard InChI is InChI=1S/C24H16F2N6O3/c1-13-10-20(33)32(16-5-2-14(25)3-6-16)31-21(13)23(34)30-15-4-7-19(18(26)11-15)35-24-17-8-9-27-22(17)28-12-29-24/h2-12H,1H3,(H,30,34)(H,27,28,29). The maximum atomic E-state index is 14.7. The quantitative estimate of drug-likeness (QED) is 0.396. The third kappa shape index (κ3) is 4.34. The SMILES string of the molecule is Cc1cc(=O)n(-c2ccc(F)cc2)nc1C(=O)Nc1ccc(Oc2ncnc3[nH]ccc23)c(F)c1. The van der Waals surface area contributed by atoms with Crippen LogP contribution < -0.4 is 15.6 Å². The van der Waals surface area contributed by atoms with E-state index in [1.807, 2.05) is 0 Å².